The SMILES string of the molecule is CNCc1sc(C23CC4CC(CC(C4)C2)C3)nc1C. The van der Waals surface area contributed by atoms with E-state index < -0.39 is 0 Å². The standard InChI is InChI=1S/C16H24N2S/c1-10-14(9-17-2)19-15(18-10)16-6-11-3-12(7-16)5-13(4-11)8-16/h11-13,17H,3-9H2,1-2H3. The Morgan fingerprint density at radius 2 is 1.74 bits per heavy atom. The number of aryl methyl sites for hydroxylation is 1. The molecule has 19 heavy (non-hydrogen) atoms. The molecule has 0 saturated heterocycles. The first-order valence-electron chi connectivity index (χ1n) is 7.80. The van der Waals surface area contributed by atoms with Gasteiger partial charge in [-0.3, -0.25) is 0 Å². The Morgan fingerprint density at radius 3 is 2.26 bits per heavy atom. The van der Waals surface area contributed by atoms with Gasteiger partial charge in [-0.25, -0.2) is 4.98 Å². The van der Waals surface area contributed by atoms with Crippen molar-refractivity contribution < 1.29 is 0 Å². The summed E-state index contributed by atoms with van der Waals surface area (Å²) in [5, 5.41) is 4.76. The lowest BCUT2D eigenvalue weighted by molar-refractivity contribution is -0.00531. The van der Waals surface area contributed by atoms with Gasteiger partial charge in [-0.05, 0) is 70.3 Å². The number of hydrogen-bond acceptors (Lipinski definition) is 3. The van der Waals surface area contributed by atoms with Gasteiger partial charge in [-0.2, -0.15) is 0 Å². The fourth-order valence-corrected chi connectivity index (χ4v) is 6.64. The van der Waals surface area contributed by atoms with E-state index in [0.717, 1.165) is 24.3 Å². The maximum absolute atomic E-state index is 5.00. The van der Waals surface area contributed by atoms with E-state index in [9.17, 15) is 0 Å². The number of aromatic nitrogens is 1. The zero-order valence-corrected chi connectivity index (χ0v) is 12.9. The summed E-state index contributed by atoms with van der Waals surface area (Å²) in [5.74, 6) is 3.05. The van der Waals surface area contributed by atoms with Crippen molar-refractivity contribution >= 4 is 11.3 Å². The molecule has 0 aromatic carbocycles. The number of rotatable bonds is 3. The summed E-state index contributed by atoms with van der Waals surface area (Å²) in [6.45, 7) is 3.17. The van der Waals surface area contributed by atoms with Crippen molar-refractivity contribution in [1.29, 1.82) is 0 Å². The number of nitrogens with zero attached hydrogens (tertiary/aromatic N) is 1. The zero-order chi connectivity index (χ0) is 13.0. The molecule has 4 aliphatic carbocycles. The molecule has 1 aromatic heterocycles. The lowest BCUT2D eigenvalue weighted by Gasteiger charge is -2.56. The molecule has 1 aromatic rings. The summed E-state index contributed by atoms with van der Waals surface area (Å²) in [7, 11) is 2.03. The van der Waals surface area contributed by atoms with Crippen molar-refractivity contribution in [1.82, 2.24) is 10.3 Å². The minimum Gasteiger partial charge on any atom is -0.315 e. The van der Waals surface area contributed by atoms with E-state index >= 15 is 0 Å². The molecule has 4 bridgehead atoms. The Morgan fingerprint density at radius 1 is 1.16 bits per heavy atom. The van der Waals surface area contributed by atoms with Crippen molar-refractivity contribution in [3.63, 3.8) is 0 Å². The summed E-state index contributed by atoms with van der Waals surface area (Å²) in [5.41, 5.74) is 1.75. The van der Waals surface area contributed by atoms with Crippen LogP contribution in [0.4, 0.5) is 0 Å². The van der Waals surface area contributed by atoms with Crippen LogP contribution in [0.15, 0.2) is 0 Å². The van der Waals surface area contributed by atoms with Crippen LogP contribution < -0.4 is 5.32 Å². The van der Waals surface area contributed by atoms with E-state index in [1.165, 1.54) is 54.1 Å². The summed E-state index contributed by atoms with van der Waals surface area (Å²) < 4.78 is 0. The van der Waals surface area contributed by atoms with E-state index in [-0.39, 0.29) is 0 Å². The number of nitrogens with one attached hydrogen (secondary N) is 1. The van der Waals surface area contributed by atoms with Crippen LogP contribution >= 0.6 is 11.3 Å². The molecule has 5 rings (SSSR count). The third kappa shape index (κ3) is 1.89. The van der Waals surface area contributed by atoms with Crippen molar-refractivity contribution in [2.24, 2.45) is 17.8 Å². The minimum atomic E-state index is 0.482. The molecule has 0 radical (unpaired) electrons. The molecule has 3 heteroatoms. The molecule has 0 unspecified atom stereocenters. The Labute approximate surface area is 120 Å². The molecule has 104 valence electrons. The van der Waals surface area contributed by atoms with Crippen LogP contribution in [0, 0.1) is 24.7 Å². The summed E-state index contributed by atoms with van der Waals surface area (Å²) >= 11 is 2.00. The normalized spacial score (nSPS) is 40.0. The molecule has 4 aliphatic rings. The van der Waals surface area contributed by atoms with Gasteiger partial charge in [0.25, 0.3) is 0 Å². The highest BCUT2D eigenvalue weighted by Crippen LogP contribution is 2.61. The third-order valence-electron chi connectivity index (χ3n) is 5.72. The van der Waals surface area contributed by atoms with Crippen LogP contribution in [0.1, 0.15) is 54.1 Å². The molecule has 1 N–H and O–H groups in total. The van der Waals surface area contributed by atoms with Gasteiger partial charge >= 0.3 is 0 Å². The Balaban J connectivity index is 1.69. The van der Waals surface area contributed by atoms with Crippen molar-refractivity contribution in [3.8, 4) is 0 Å². The van der Waals surface area contributed by atoms with Crippen LogP contribution in [0.3, 0.4) is 0 Å². The van der Waals surface area contributed by atoms with Gasteiger partial charge in [0.1, 0.15) is 0 Å². The smallest absolute Gasteiger partial charge is 0.0993 e. The molecule has 4 saturated carbocycles. The van der Waals surface area contributed by atoms with E-state index in [1.807, 2.05) is 18.4 Å². The quantitative estimate of drug-likeness (QED) is 0.911. The third-order valence-corrected chi connectivity index (χ3v) is 7.13. The highest BCUT2D eigenvalue weighted by atomic mass is 32.1. The Kier molecular flexibility index (Phi) is 2.79. The average Bonchev–Trinajstić information content (AvgIpc) is 2.70. The topological polar surface area (TPSA) is 24.9 Å². The Hall–Kier alpha value is -0.410. The van der Waals surface area contributed by atoms with Gasteiger partial charge < -0.3 is 5.32 Å². The predicted molar refractivity (Wildman–Crippen MR) is 79.5 cm³/mol. The van der Waals surface area contributed by atoms with Crippen molar-refractivity contribution in [3.05, 3.63) is 15.6 Å². The molecule has 0 atom stereocenters. The monoisotopic (exact) mass is 276 g/mol. The maximum atomic E-state index is 5.00. The lowest BCUT2D eigenvalue weighted by Crippen LogP contribution is -2.48. The average molecular weight is 276 g/mol. The number of thiazole rings is 1. The van der Waals surface area contributed by atoms with Crippen LogP contribution in [-0.4, -0.2) is 12.0 Å². The first-order chi connectivity index (χ1) is 9.18. The minimum absolute atomic E-state index is 0.482. The fourth-order valence-electron chi connectivity index (χ4n) is 5.35. The molecule has 0 spiro atoms. The van der Waals surface area contributed by atoms with Gasteiger partial charge in [-0.15, -0.1) is 11.3 Å². The molecular formula is C16H24N2S. The van der Waals surface area contributed by atoms with E-state index in [4.69, 9.17) is 4.98 Å². The second-order valence-corrected chi connectivity index (χ2v) is 8.34. The van der Waals surface area contributed by atoms with E-state index in [2.05, 4.69) is 12.2 Å². The molecular weight excluding hydrogens is 252 g/mol. The van der Waals surface area contributed by atoms with Gasteiger partial charge in [0, 0.05) is 16.8 Å². The summed E-state index contributed by atoms with van der Waals surface area (Å²) in [6.07, 6.45) is 8.87. The van der Waals surface area contributed by atoms with Gasteiger partial charge in [-0.1, -0.05) is 0 Å². The first kappa shape index (κ1) is 12.3. The summed E-state index contributed by atoms with van der Waals surface area (Å²) in [4.78, 5) is 6.45. The van der Waals surface area contributed by atoms with Crippen LogP contribution in [-0.2, 0) is 12.0 Å². The molecule has 0 amide bonds. The Bertz CT molecular complexity index is 456. The molecule has 4 fully saturated rings. The lowest BCUT2D eigenvalue weighted by atomic mass is 9.50. The first-order valence-corrected chi connectivity index (χ1v) is 8.61. The molecule has 2 nitrogen and oxygen atoms in total. The van der Waals surface area contributed by atoms with E-state index in [0.29, 0.717) is 5.41 Å². The van der Waals surface area contributed by atoms with Gasteiger partial charge in [0.15, 0.2) is 0 Å². The zero-order valence-electron chi connectivity index (χ0n) is 12.0. The number of hydrogen-bond donors (Lipinski definition) is 1. The van der Waals surface area contributed by atoms with Crippen LogP contribution in [0.5, 0.6) is 0 Å². The van der Waals surface area contributed by atoms with Crippen molar-refractivity contribution in [2.75, 3.05) is 7.05 Å². The second-order valence-electron chi connectivity index (χ2n) is 7.26. The highest BCUT2D eigenvalue weighted by Gasteiger charge is 2.53. The second kappa shape index (κ2) is 4.29. The largest absolute Gasteiger partial charge is 0.315 e. The van der Waals surface area contributed by atoms with Gasteiger partial charge in [0.05, 0.1) is 10.7 Å². The van der Waals surface area contributed by atoms with Crippen molar-refractivity contribution in [2.45, 2.75) is 57.4 Å². The van der Waals surface area contributed by atoms with Crippen LogP contribution in [0.25, 0.3) is 0 Å². The van der Waals surface area contributed by atoms with Crippen LogP contribution in [0.2, 0.25) is 0 Å². The van der Waals surface area contributed by atoms with Gasteiger partial charge in [0.2, 0.25) is 0 Å². The molecule has 0 aliphatic heterocycles. The highest BCUT2D eigenvalue weighted by molar-refractivity contribution is 7.11. The predicted octanol–water partition coefficient (Wildman–Crippen LogP) is 3.64. The maximum Gasteiger partial charge on any atom is 0.0993 e. The molecule has 1 heterocycles. The van der Waals surface area contributed by atoms with E-state index in [1.54, 1.807) is 0 Å². The summed E-state index contributed by atoms with van der Waals surface area (Å²) in [6, 6.07) is 0. The fraction of sp³-hybridized carbons (Fsp3) is 0.812.